The van der Waals surface area contributed by atoms with Crippen molar-refractivity contribution in [3.8, 4) is 0 Å². The van der Waals surface area contributed by atoms with Crippen LogP contribution in [0, 0.1) is 6.92 Å². The van der Waals surface area contributed by atoms with Crippen molar-refractivity contribution < 1.29 is 29.4 Å². The Labute approximate surface area is 54.6 Å². The zero-order chi connectivity index (χ0) is 5.15. The van der Waals surface area contributed by atoms with Crippen molar-refractivity contribution in [2.45, 2.75) is 6.04 Å². The van der Waals surface area contributed by atoms with Gasteiger partial charge in [-0.25, -0.2) is 0 Å². The second-order valence-electron chi connectivity index (χ2n) is 0.945. The molecule has 3 nitrogen and oxygen atoms in total. The van der Waals surface area contributed by atoms with Crippen molar-refractivity contribution in [3.05, 3.63) is 6.92 Å². The third-order valence-corrected chi connectivity index (χ3v) is 0.317. The number of rotatable bonds is 1. The fraction of sp³-hybridized carbons (Fsp3) is 0.333. The minimum atomic E-state index is -1.07. The average molecular weight is 153 g/mol. The zero-order valence-corrected chi connectivity index (χ0v) is 6.89. The maximum Gasteiger partial charge on any atom is 0.320 e. The van der Waals surface area contributed by atoms with Crippen molar-refractivity contribution in [1.29, 1.82) is 0 Å². The van der Waals surface area contributed by atoms with E-state index in [9.17, 15) is 4.79 Å². The van der Waals surface area contributed by atoms with Gasteiger partial charge in [-0.15, -0.1) is 0 Å². The molecule has 0 fully saturated rings. The van der Waals surface area contributed by atoms with Gasteiger partial charge in [0.1, 0.15) is 6.04 Å². The molecule has 0 aliphatic rings. The summed E-state index contributed by atoms with van der Waals surface area (Å²) in [6.07, 6.45) is 0. The van der Waals surface area contributed by atoms with Crippen molar-refractivity contribution >= 4 is 5.97 Å². The van der Waals surface area contributed by atoms with Crippen molar-refractivity contribution in [2.75, 3.05) is 0 Å². The third-order valence-electron chi connectivity index (χ3n) is 0.317. The van der Waals surface area contributed by atoms with E-state index in [0.717, 1.165) is 0 Å². The molecule has 1 atom stereocenters. The number of aliphatic carboxylic acids is 1. The van der Waals surface area contributed by atoms with Gasteiger partial charge in [0, 0.05) is 19.5 Å². The summed E-state index contributed by atoms with van der Waals surface area (Å²) in [5, 5.41) is 7.80. The largest absolute Gasteiger partial charge is 0.480 e. The average Bonchev–Trinajstić information content (AvgIpc) is 1.36. The summed E-state index contributed by atoms with van der Waals surface area (Å²) in [7, 11) is 0. The summed E-state index contributed by atoms with van der Waals surface area (Å²) in [6, 6.07) is -0.981. The molecule has 0 aliphatic carbocycles. The van der Waals surface area contributed by atoms with Crippen molar-refractivity contribution in [1.82, 2.24) is 0 Å². The Balaban J connectivity index is 0. The topological polar surface area (TPSA) is 63.3 Å². The molecule has 0 heterocycles. The first-order valence-electron chi connectivity index (χ1n) is 1.46. The van der Waals surface area contributed by atoms with E-state index in [1.807, 2.05) is 0 Å². The molecule has 0 aromatic carbocycles. The van der Waals surface area contributed by atoms with Crippen LogP contribution in [0.2, 0.25) is 0 Å². The molecule has 0 aromatic rings. The quantitative estimate of drug-likeness (QED) is 0.486. The molecule has 0 saturated heterocycles. The predicted octanol–water partition coefficient (Wildman–Crippen LogP) is -0.770. The SMILES string of the molecule is [CH2]C(N)C(=O)O.[Zn]. The first-order valence-corrected chi connectivity index (χ1v) is 1.46. The normalized spacial score (nSPS) is 11.7. The number of carbonyl (C=O) groups is 1. The van der Waals surface area contributed by atoms with Gasteiger partial charge in [0.25, 0.3) is 0 Å². The number of hydrogen-bond donors (Lipinski definition) is 2. The fourth-order valence-electron chi connectivity index (χ4n) is 0. The van der Waals surface area contributed by atoms with Crippen LogP contribution in [-0.4, -0.2) is 17.1 Å². The number of hydrogen-bond acceptors (Lipinski definition) is 2. The second kappa shape index (κ2) is 4.22. The Bertz CT molecular complexity index is 64.0. The Morgan fingerprint density at radius 2 is 2.00 bits per heavy atom. The maximum absolute atomic E-state index is 9.51. The van der Waals surface area contributed by atoms with E-state index in [4.69, 9.17) is 10.8 Å². The van der Waals surface area contributed by atoms with Crippen molar-refractivity contribution in [2.24, 2.45) is 5.73 Å². The van der Waals surface area contributed by atoms with Crippen LogP contribution in [0.1, 0.15) is 0 Å². The molecule has 3 N–H and O–H groups in total. The van der Waals surface area contributed by atoms with Gasteiger partial charge < -0.3 is 10.8 Å². The molecule has 0 aliphatic heterocycles. The molecule has 0 bridgehead atoms. The summed E-state index contributed by atoms with van der Waals surface area (Å²) >= 11 is 0. The van der Waals surface area contributed by atoms with Gasteiger partial charge in [-0.3, -0.25) is 4.79 Å². The minimum absolute atomic E-state index is 0. The van der Waals surface area contributed by atoms with Crippen LogP contribution >= 0.6 is 0 Å². The van der Waals surface area contributed by atoms with E-state index in [2.05, 4.69) is 6.92 Å². The van der Waals surface area contributed by atoms with Gasteiger partial charge in [-0.2, -0.15) is 0 Å². The van der Waals surface area contributed by atoms with Crippen LogP contribution in [0.25, 0.3) is 0 Å². The molecule has 7 heavy (non-hydrogen) atoms. The van der Waals surface area contributed by atoms with Crippen LogP contribution in [0.4, 0.5) is 0 Å². The monoisotopic (exact) mass is 152 g/mol. The first kappa shape index (κ1) is 10.1. The minimum Gasteiger partial charge on any atom is -0.480 e. The number of nitrogens with two attached hydrogens (primary N) is 1. The van der Waals surface area contributed by atoms with Gasteiger partial charge >= 0.3 is 5.97 Å². The van der Waals surface area contributed by atoms with Gasteiger partial charge in [0.15, 0.2) is 0 Å². The molecule has 0 saturated carbocycles. The van der Waals surface area contributed by atoms with E-state index in [-0.39, 0.29) is 19.5 Å². The third kappa shape index (κ3) is 6.05. The number of carboxylic acid groups (broad SMARTS) is 1. The van der Waals surface area contributed by atoms with Crippen LogP contribution in [0.15, 0.2) is 0 Å². The fourth-order valence-corrected chi connectivity index (χ4v) is 0. The number of carboxylic acids is 1. The van der Waals surface area contributed by atoms with Gasteiger partial charge in [0.2, 0.25) is 0 Å². The van der Waals surface area contributed by atoms with Crippen LogP contribution < -0.4 is 5.73 Å². The summed E-state index contributed by atoms with van der Waals surface area (Å²) in [6.45, 7) is 3.02. The Morgan fingerprint density at radius 1 is 1.86 bits per heavy atom. The van der Waals surface area contributed by atoms with Crippen LogP contribution in [-0.2, 0) is 24.3 Å². The van der Waals surface area contributed by atoms with Gasteiger partial charge in [0.05, 0.1) is 0 Å². The molecule has 1 radical (unpaired) electrons. The molecule has 0 amide bonds. The molecule has 0 spiro atoms. The van der Waals surface area contributed by atoms with E-state index >= 15 is 0 Å². The molecule has 37 valence electrons. The van der Waals surface area contributed by atoms with E-state index in [1.54, 1.807) is 0 Å². The molecular weight excluding hydrogens is 147 g/mol. The van der Waals surface area contributed by atoms with E-state index in [1.165, 1.54) is 0 Å². The molecular formula is C3H6NO2Zn. The Morgan fingerprint density at radius 3 is 2.00 bits per heavy atom. The van der Waals surface area contributed by atoms with Gasteiger partial charge in [-0.05, 0) is 6.92 Å². The predicted molar refractivity (Wildman–Crippen MR) is 21.0 cm³/mol. The maximum atomic E-state index is 9.51. The van der Waals surface area contributed by atoms with Crippen molar-refractivity contribution in [3.63, 3.8) is 0 Å². The first-order chi connectivity index (χ1) is 2.64. The molecule has 0 aromatic heterocycles. The Kier molecular flexibility index (Phi) is 6.10. The Hall–Kier alpha value is 0.0534. The summed E-state index contributed by atoms with van der Waals surface area (Å²) in [5.41, 5.74) is 4.72. The summed E-state index contributed by atoms with van der Waals surface area (Å²) in [5.74, 6) is -1.07. The second-order valence-corrected chi connectivity index (χ2v) is 0.945. The molecule has 0 rings (SSSR count). The van der Waals surface area contributed by atoms with E-state index < -0.39 is 12.0 Å². The van der Waals surface area contributed by atoms with E-state index in [0.29, 0.717) is 0 Å². The summed E-state index contributed by atoms with van der Waals surface area (Å²) < 4.78 is 0. The zero-order valence-electron chi connectivity index (χ0n) is 3.92. The molecule has 1 unspecified atom stereocenters. The molecule has 4 heteroatoms. The van der Waals surface area contributed by atoms with Gasteiger partial charge in [-0.1, -0.05) is 0 Å². The van der Waals surface area contributed by atoms with Crippen LogP contribution in [0.5, 0.6) is 0 Å². The standard InChI is InChI=1S/C3H6NO2.Zn/c1-2(4)3(5)6;/h2H,1,4H2,(H,5,6);. The smallest absolute Gasteiger partial charge is 0.320 e. The van der Waals surface area contributed by atoms with Crippen LogP contribution in [0.3, 0.4) is 0 Å². The summed E-state index contributed by atoms with van der Waals surface area (Å²) in [4.78, 5) is 9.51.